The number of nitrogens with two attached hydrogens (primary N) is 1. The third-order valence-corrected chi connectivity index (χ3v) is 6.29. The Hall–Kier alpha value is -4.06. The van der Waals surface area contributed by atoms with E-state index in [2.05, 4.69) is 41.3 Å². The largest absolute Gasteiger partial charge is 0.369 e. The Balaban J connectivity index is 1.38. The van der Waals surface area contributed by atoms with Crippen molar-refractivity contribution >= 4 is 23.6 Å². The summed E-state index contributed by atoms with van der Waals surface area (Å²) in [6.45, 7) is 2.28. The van der Waals surface area contributed by atoms with Gasteiger partial charge >= 0.3 is 0 Å². The van der Waals surface area contributed by atoms with Gasteiger partial charge in [0.25, 0.3) is 5.91 Å². The fraction of sp³-hybridized carbons (Fsp3) is 0.462. The zero-order valence-corrected chi connectivity index (χ0v) is 21.5. The number of hydrogen-bond donors (Lipinski definition) is 5. The molecule has 0 aliphatic carbocycles. The van der Waals surface area contributed by atoms with Gasteiger partial charge in [0.1, 0.15) is 11.4 Å². The Morgan fingerprint density at radius 3 is 2.55 bits per heavy atom. The summed E-state index contributed by atoms with van der Waals surface area (Å²) in [7, 11) is 0. The molecule has 4 heterocycles. The van der Waals surface area contributed by atoms with E-state index in [0.29, 0.717) is 49.2 Å². The number of anilines is 2. The predicted molar refractivity (Wildman–Crippen MR) is 145 cm³/mol. The minimum atomic E-state index is -0.506. The van der Waals surface area contributed by atoms with Crippen molar-refractivity contribution in [2.45, 2.75) is 57.5 Å². The summed E-state index contributed by atoms with van der Waals surface area (Å²) >= 11 is 0. The summed E-state index contributed by atoms with van der Waals surface area (Å²) < 4.78 is 1.67. The van der Waals surface area contributed by atoms with E-state index < -0.39 is 6.04 Å². The average Bonchev–Trinajstić information content (AvgIpc) is 3.48. The van der Waals surface area contributed by atoms with Gasteiger partial charge in [0, 0.05) is 51.0 Å². The smallest absolute Gasteiger partial charge is 0.256 e. The maximum Gasteiger partial charge on any atom is 0.256 e. The summed E-state index contributed by atoms with van der Waals surface area (Å²) in [5.41, 5.74) is 7.26. The van der Waals surface area contributed by atoms with Gasteiger partial charge < -0.3 is 27.0 Å². The molecule has 0 fully saturated rings. The molecule has 2 amide bonds. The fourth-order valence-corrected chi connectivity index (χ4v) is 4.08. The van der Waals surface area contributed by atoms with Crippen molar-refractivity contribution in [1.82, 2.24) is 35.4 Å². The van der Waals surface area contributed by atoms with Crippen molar-refractivity contribution in [2.75, 3.05) is 30.3 Å². The maximum absolute atomic E-state index is 13.0. The average molecular weight is 521 g/mol. The van der Waals surface area contributed by atoms with Gasteiger partial charge in [-0.2, -0.15) is 10.1 Å². The Labute approximate surface area is 222 Å². The second-order valence-electron chi connectivity index (χ2n) is 9.27. The van der Waals surface area contributed by atoms with Gasteiger partial charge in [0.15, 0.2) is 5.82 Å². The molecule has 4 rings (SSSR count). The highest BCUT2D eigenvalue weighted by Gasteiger charge is 2.16. The molecular formula is C26H36N10O2. The molecule has 12 heteroatoms. The zero-order valence-electron chi connectivity index (χ0n) is 21.5. The van der Waals surface area contributed by atoms with Crippen LogP contribution in [-0.4, -0.2) is 62.2 Å². The number of rotatable bonds is 4. The molecule has 38 heavy (non-hydrogen) atoms. The second-order valence-corrected chi connectivity index (χ2v) is 9.27. The zero-order chi connectivity index (χ0) is 26.6. The van der Waals surface area contributed by atoms with E-state index in [0.717, 1.165) is 50.6 Å². The van der Waals surface area contributed by atoms with E-state index in [4.69, 9.17) is 5.73 Å². The molecule has 1 aliphatic heterocycles. The van der Waals surface area contributed by atoms with Crippen molar-refractivity contribution < 1.29 is 9.59 Å². The molecule has 0 aromatic carbocycles. The predicted octanol–water partition coefficient (Wildman–Crippen LogP) is 2.00. The Morgan fingerprint density at radius 1 is 1.00 bits per heavy atom. The monoisotopic (exact) mass is 520 g/mol. The van der Waals surface area contributed by atoms with Crippen LogP contribution >= 0.6 is 0 Å². The SMILES string of the molecule is N[C@H]1CCCCNc2nc(ncc2C(=O)NCc2ccc(-n3cccn3)nc2)NCCCCCCNC1=O. The van der Waals surface area contributed by atoms with Gasteiger partial charge in [-0.15, -0.1) is 0 Å². The number of carbonyl (C=O) groups excluding carboxylic acids is 2. The van der Waals surface area contributed by atoms with E-state index in [1.165, 1.54) is 0 Å². The first kappa shape index (κ1) is 27.0. The molecule has 12 nitrogen and oxygen atoms in total. The standard InChI is InChI=1S/C26H36N10O2/c27-21-8-3-6-11-28-23-20(18-33-26(35-23)30-13-5-2-1-4-12-29-25(21)38)24(37)32-17-19-9-10-22(31-16-19)36-15-7-14-34-36/h7,9-10,14-16,18,21H,1-6,8,11-13,17,27H2,(H,29,38)(H,32,37)(H2,28,30,33,35)/t21-/m0/s1. The number of fused-ring (bicyclic) bond motifs is 2. The van der Waals surface area contributed by atoms with Crippen LogP contribution in [-0.2, 0) is 11.3 Å². The van der Waals surface area contributed by atoms with Crippen LogP contribution in [0.2, 0.25) is 0 Å². The molecule has 1 atom stereocenters. The summed E-state index contributed by atoms with van der Waals surface area (Å²) in [4.78, 5) is 38.5. The van der Waals surface area contributed by atoms with Crippen LogP contribution < -0.4 is 27.0 Å². The molecule has 0 saturated heterocycles. The fourth-order valence-electron chi connectivity index (χ4n) is 4.08. The lowest BCUT2D eigenvalue weighted by Gasteiger charge is -2.15. The van der Waals surface area contributed by atoms with Crippen LogP contribution in [0, 0.1) is 0 Å². The normalized spacial score (nSPS) is 17.7. The van der Waals surface area contributed by atoms with Crippen molar-refractivity contribution in [3.8, 4) is 5.82 Å². The van der Waals surface area contributed by atoms with E-state index >= 15 is 0 Å². The summed E-state index contributed by atoms with van der Waals surface area (Å²) in [6.07, 6.45) is 12.9. The molecule has 0 unspecified atom stereocenters. The lowest BCUT2D eigenvalue weighted by atomic mass is 10.1. The minimum Gasteiger partial charge on any atom is -0.369 e. The second kappa shape index (κ2) is 14.0. The third kappa shape index (κ3) is 7.97. The van der Waals surface area contributed by atoms with Crippen molar-refractivity contribution in [2.24, 2.45) is 5.73 Å². The number of amides is 2. The van der Waals surface area contributed by atoms with Gasteiger partial charge in [-0.1, -0.05) is 18.9 Å². The Kier molecular flexibility index (Phi) is 9.96. The van der Waals surface area contributed by atoms with E-state index in [1.807, 2.05) is 24.4 Å². The van der Waals surface area contributed by atoms with Gasteiger partial charge in [-0.25, -0.2) is 14.6 Å². The molecule has 1 aliphatic rings. The number of carbonyl (C=O) groups is 2. The molecule has 3 aromatic rings. The quantitative estimate of drug-likeness (QED) is 0.346. The number of nitrogens with zero attached hydrogens (tertiary/aromatic N) is 5. The Bertz CT molecular complexity index is 1170. The molecule has 0 spiro atoms. The van der Waals surface area contributed by atoms with E-state index in [1.54, 1.807) is 23.3 Å². The molecule has 0 radical (unpaired) electrons. The lowest BCUT2D eigenvalue weighted by molar-refractivity contribution is -0.122. The lowest BCUT2D eigenvalue weighted by Crippen LogP contribution is -2.40. The number of hydrogen-bond acceptors (Lipinski definition) is 9. The topological polar surface area (TPSA) is 165 Å². The van der Waals surface area contributed by atoms with Crippen LogP contribution in [0.1, 0.15) is 60.9 Å². The van der Waals surface area contributed by atoms with E-state index in [-0.39, 0.29) is 11.8 Å². The minimum absolute atomic E-state index is 0.0913. The maximum atomic E-state index is 13.0. The first-order chi connectivity index (χ1) is 18.6. The summed E-state index contributed by atoms with van der Waals surface area (Å²) in [5, 5.41) is 16.5. The van der Waals surface area contributed by atoms with Crippen LogP contribution in [0.5, 0.6) is 0 Å². The van der Waals surface area contributed by atoms with Crippen LogP contribution in [0.25, 0.3) is 5.82 Å². The van der Waals surface area contributed by atoms with Gasteiger partial charge in [0.2, 0.25) is 11.9 Å². The number of pyridine rings is 1. The number of aromatic nitrogens is 5. The van der Waals surface area contributed by atoms with Gasteiger partial charge in [-0.3, -0.25) is 9.59 Å². The first-order valence-electron chi connectivity index (χ1n) is 13.2. The van der Waals surface area contributed by atoms with E-state index in [9.17, 15) is 9.59 Å². The summed E-state index contributed by atoms with van der Waals surface area (Å²) in [6, 6.07) is 5.08. The highest BCUT2D eigenvalue weighted by molar-refractivity contribution is 5.98. The molecule has 2 bridgehead atoms. The number of nitrogens with one attached hydrogen (secondary N) is 4. The third-order valence-electron chi connectivity index (χ3n) is 6.29. The molecule has 6 N–H and O–H groups in total. The highest BCUT2D eigenvalue weighted by atomic mass is 16.2. The molecule has 0 saturated carbocycles. The molecular weight excluding hydrogens is 484 g/mol. The van der Waals surface area contributed by atoms with Crippen LogP contribution in [0.3, 0.4) is 0 Å². The highest BCUT2D eigenvalue weighted by Crippen LogP contribution is 2.16. The Morgan fingerprint density at radius 2 is 1.79 bits per heavy atom. The van der Waals surface area contributed by atoms with Crippen molar-refractivity contribution in [1.29, 1.82) is 0 Å². The van der Waals surface area contributed by atoms with Crippen LogP contribution in [0.15, 0.2) is 43.0 Å². The molecule has 3 aromatic heterocycles. The van der Waals surface area contributed by atoms with Gasteiger partial charge in [0.05, 0.1) is 6.04 Å². The molecule has 202 valence electrons. The summed E-state index contributed by atoms with van der Waals surface area (Å²) in [5.74, 6) is 1.28. The van der Waals surface area contributed by atoms with Crippen LogP contribution in [0.4, 0.5) is 11.8 Å². The first-order valence-corrected chi connectivity index (χ1v) is 13.2. The van der Waals surface area contributed by atoms with Crippen molar-refractivity contribution in [3.05, 3.63) is 54.1 Å². The van der Waals surface area contributed by atoms with Gasteiger partial charge in [-0.05, 0) is 49.8 Å². The van der Waals surface area contributed by atoms with Crippen molar-refractivity contribution in [3.63, 3.8) is 0 Å².